The SMILES string of the molecule is Cc1c(Cl)cccc1N(C)CC(C)O. The second-order valence-electron chi connectivity index (χ2n) is 3.61. The third-order valence-electron chi connectivity index (χ3n) is 2.19. The molecule has 1 aromatic rings. The molecule has 0 aliphatic carbocycles. The van der Waals surface area contributed by atoms with Crippen molar-refractivity contribution in [3.63, 3.8) is 0 Å². The molecule has 0 spiro atoms. The first kappa shape index (κ1) is 11.3. The number of rotatable bonds is 3. The largest absolute Gasteiger partial charge is 0.392 e. The van der Waals surface area contributed by atoms with E-state index in [0.717, 1.165) is 16.3 Å². The Hall–Kier alpha value is -0.730. The van der Waals surface area contributed by atoms with E-state index in [1.54, 1.807) is 6.92 Å². The van der Waals surface area contributed by atoms with Gasteiger partial charge in [-0.25, -0.2) is 0 Å². The van der Waals surface area contributed by atoms with Crippen LogP contribution < -0.4 is 4.90 Å². The number of aliphatic hydroxyl groups excluding tert-OH is 1. The maximum atomic E-state index is 9.27. The molecule has 0 aliphatic heterocycles. The lowest BCUT2D eigenvalue weighted by Gasteiger charge is -2.23. The van der Waals surface area contributed by atoms with Crippen LogP contribution in [0.2, 0.25) is 5.02 Å². The number of likely N-dealkylation sites (N-methyl/N-ethyl adjacent to an activating group) is 1. The highest BCUT2D eigenvalue weighted by Gasteiger charge is 2.08. The van der Waals surface area contributed by atoms with E-state index < -0.39 is 0 Å². The van der Waals surface area contributed by atoms with Gasteiger partial charge in [-0.05, 0) is 31.5 Å². The zero-order valence-electron chi connectivity index (χ0n) is 8.79. The third kappa shape index (κ3) is 2.63. The fraction of sp³-hybridized carbons (Fsp3) is 0.455. The molecule has 1 N–H and O–H groups in total. The molecule has 1 unspecified atom stereocenters. The normalized spacial score (nSPS) is 12.6. The Kier molecular flexibility index (Phi) is 3.78. The first-order valence-electron chi connectivity index (χ1n) is 4.66. The zero-order chi connectivity index (χ0) is 10.7. The van der Waals surface area contributed by atoms with E-state index >= 15 is 0 Å². The van der Waals surface area contributed by atoms with Crippen LogP contribution in [0.25, 0.3) is 0 Å². The summed E-state index contributed by atoms with van der Waals surface area (Å²) in [7, 11) is 1.95. The summed E-state index contributed by atoms with van der Waals surface area (Å²) in [6, 6.07) is 5.80. The number of aliphatic hydroxyl groups is 1. The van der Waals surface area contributed by atoms with Gasteiger partial charge in [0.05, 0.1) is 6.10 Å². The van der Waals surface area contributed by atoms with Gasteiger partial charge in [0.1, 0.15) is 0 Å². The number of anilines is 1. The van der Waals surface area contributed by atoms with Gasteiger partial charge >= 0.3 is 0 Å². The summed E-state index contributed by atoms with van der Waals surface area (Å²) in [6.45, 7) is 4.37. The Labute approximate surface area is 90.1 Å². The molecule has 0 amide bonds. The number of hydrogen-bond acceptors (Lipinski definition) is 2. The number of benzene rings is 1. The molecule has 0 radical (unpaired) electrons. The summed E-state index contributed by atoms with van der Waals surface area (Å²) in [4.78, 5) is 2.01. The highest BCUT2D eigenvalue weighted by atomic mass is 35.5. The van der Waals surface area contributed by atoms with Crippen molar-refractivity contribution in [2.45, 2.75) is 20.0 Å². The Bertz CT molecular complexity index is 312. The number of nitrogens with zero attached hydrogens (tertiary/aromatic N) is 1. The summed E-state index contributed by atoms with van der Waals surface area (Å²) in [5.74, 6) is 0. The second kappa shape index (κ2) is 4.67. The Morgan fingerprint density at radius 2 is 2.14 bits per heavy atom. The van der Waals surface area contributed by atoms with E-state index in [2.05, 4.69) is 0 Å². The smallest absolute Gasteiger partial charge is 0.0686 e. The quantitative estimate of drug-likeness (QED) is 0.834. The number of hydrogen-bond donors (Lipinski definition) is 1. The zero-order valence-corrected chi connectivity index (χ0v) is 9.54. The van der Waals surface area contributed by atoms with Crippen molar-refractivity contribution in [2.24, 2.45) is 0 Å². The summed E-state index contributed by atoms with van der Waals surface area (Å²) in [6.07, 6.45) is -0.335. The summed E-state index contributed by atoms with van der Waals surface area (Å²) < 4.78 is 0. The molecule has 0 saturated carbocycles. The van der Waals surface area contributed by atoms with Gasteiger partial charge in [-0.2, -0.15) is 0 Å². The Morgan fingerprint density at radius 1 is 1.50 bits per heavy atom. The Balaban J connectivity index is 2.89. The molecule has 0 aromatic heterocycles. The molecule has 1 atom stereocenters. The van der Waals surface area contributed by atoms with Gasteiger partial charge in [-0.3, -0.25) is 0 Å². The lowest BCUT2D eigenvalue weighted by atomic mass is 10.2. The van der Waals surface area contributed by atoms with Crippen LogP contribution in [0.15, 0.2) is 18.2 Å². The van der Waals surface area contributed by atoms with Gasteiger partial charge in [-0.15, -0.1) is 0 Å². The molecule has 0 bridgehead atoms. The average molecular weight is 214 g/mol. The monoisotopic (exact) mass is 213 g/mol. The average Bonchev–Trinajstić information content (AvgIpc) is 2.08. The molecule has 78 valence electrons. The van der Waals surface area contributed by atoms with Crippen molar-refractivity contribution in [2.75, 3.05) is 18.5 Å². The first-order chi connectivity index (χ1) is 6.52. The summed E-state index contributed by atoms with van der Waals surface area (Å²) in [5.41, 5.74) is 2.12. The molecular formula is C11H16ClNO. The van der Waals surface area contributed by atoms with Crippen LogP contribution in [0.5, 0.6) is 0 Å². The minimum Gasteiger partial charge on any atom is -0.392 e. The fourth-order valence-electron chi connectivity index (χ4n) is 1.50. The van der Waals surface area contributed by atoms with Crippen LogP contribution in [0.3, 0.4) is 0 Å². The van der Waals surface area contributed by atoms with Crippen molar-refractivity contribution in [1.82, 2.24) is 0 Å². The minimum absolute atomic E-state index is 0.335. The van der Waals surface area contributed by atoms with E-state index in [1.807, 2.05) is 37.1 Å². The molecule has 0 fully saturated rings. The topological polar surface area (TPSA) is 23.5 Å². The van der Waals surface area contributed by atoms with Gasteiger partial charge < -0.3 is 10.0 Å². The van der Waals surface area contributed by atoms with Crippen LogP contribution >= 0.6 is 11.6 Å². The predicted molar refractivity (Wildman–Crippen MR) is 61.1 cm³/mol. The van der Waals surface area contributed by atoms with Crippen molar-refractivity contribution >= 4 is 17.3 Å². The maximum absolute atomic E-state index is 9.27. The van der Waals surface area contributed by atoms with Crippen molar-refractivity contribution < 1.29 is 5.11 Å². The van der Waals surface area contributed by atoms with E-state index in [4.69, 9.17) is 11.6 Å². The standard InChI is InChI=1S/C11H16ClNO/c1-8(14)7-13(3)11-6-4-5-10(12)9(11)2/h4-6,8,14H,7H2,1-3H3. The fourth-order valence-corrected chi connectivity index (χ4v) is 1.67. The predicted octanol–water partition coefficient (Wildman–Crippen LogP) is 2.47. The van der Waals surface area contributed by atoms with Crippen molar-refractivity contribution in [3.05, 3.63) is 28.8 Å². The molecular weight excluding hydrogens is 198 g/mol. The van der Waals surface area contributed by atoms with E-state index in [-0.39, 0.29) is 6.10 Å². The van der Waals surface area contributed by atoms with Crippen LogP contribution in [-0.4, -0.2) is 24.8 Å². The van der Waals surface area contributed by atoms with Gasteiger partial charge in [0.2, 0.25) is 0 Å². The van der Waals surface area contributed by atoms with E-state index in [9.17, 15) is 5.11 Å². The van der Waals surface area contributed by atoms with Crippen LogP contribution in [0.1, 0.15) is 12.5 Å². The summed E-state index contributed by atoms with van der Waals surface area (Å²) in [5, 5.41) is 10.0. The van der Waals surface area contributed by atoms with Gasteiger partial charge in [-0.1, -0.05) is 17.7 Å². The molecule has 2 nitrogen and oxygen atoms in total. The van der Waals surface area contributed by atoms with Crippen LogP contribution in [-0.2, 0) is 0 Å². The van der Waals surface area contributed by atoms with Crippen LogP contribution in [0, 0.1) is 6.92 Å². The van der Waals surface area contributed by atoms with Gasteiger partial charge in [0, 0.05) is 24.3 Å². The Morgan fingerprint density at radius 3 is 2.71 bits per heavy atom. The van der Waals surface area contributed by atoms with Gasteiger partial charge in [0.25, 0.3) is 0 Å². The van der Waals surface area contributed by atoms with E-state index in [1.165, 1.54) is 0 Å². The second-order valence-corrected chi connectivity index (χ2v) is 4.02. The lowest BCUT2D eigenvalue weighted by Crippen LogP contribution is -2.27. The highest BCUT2D eigenvalue weighted by molar-refractivity contribution is 6.31. The van der Waals surface area contributed by atoms with Crippen molar-refractivity contribution in [1.29, 1.82) is 0 Å². The molecule has 14 heavy (non-hydrogen) atoms. The molecule has 3 heteroatoms. The maximum Gasteiger partial charge on any atom is 0.0686 e. The van der Waals surface area contributed by atoms with E-state index in [0.29, 0.717) is 6.54 Å². The van der Waals surface area contributed by atoms with Gasteiger partial charge in [0.15, 0.2) is 0 Å². The van der Waals surface area contributed by atoms with Crippen molar-refractivity contribution in [3.8, 4) is 0 Å². The summed E-state index contributed by atoms with van der Waals surface area (Å²) >= 11 is 6.01. The minimum atomic E-state index is -0.335. The highest BCUT2D eigenvalue weighted by Crippen LogP contribution is 2.25. The molecule has 0 aliphatic rings. The third-order valence-corrected chi connectivity index (χ3v) is 2.60. The van der Waals surface area contributed by atoms with Crippen LogP contribution in [0.4, 0.5) is 5.69 Å². The first-order valence-corrected chi connectivity index (χ1v) is 5.04. The lowest BCUT2D eigenvalue weighted by molar-refractivity contribution is 0.201. The number of halogens is 1. The molecule has 1 rings (SSSR count). The molecule has 1 aromatic carbocycles. The molecule has 0 heterocycles. The molecule has 0 saturated heterocycles.